The predicted octanol–water partition coefficient (Wildman–Crippen LogP) is 5.40. The molecule has 1 saturated heterocycles. The van der Waals surface area contributed by atoms with Gasteiger partial charge >= 0.3 is 0 Å². The van der Waals surface area contributed by atoms with Crippen LogP contribution in [0.25, 0.3) is 0 Å². The quantitative estimate of drug-likeness (QED) is 0.110. The highest BCUT2D eigenvalue weighted by Crippen LogP contribution is 2.22. The normalized spacial score (nSPS) is 14.0. The molecule has 0 aliphatic carbocycles. The molecule has 1 aliphatic heterocycles. The summed E-state index contributed by atoms with van der Waals surface area (Å²) in [4.78, 5) is 42.6. The van der Waals surface area contributed by atoms with E-state index in [0.717, 1.165) is 32.5 Å². The van der Waals surface area contributed by atoms with Gasteiger partial charge in [-0.2, -0.15) is 5.26 Å². The van der Waals surface area contributed by atoms with Crippen LogP contribution in [0, 0.1) is 22.6 Å². The van der Waals surface area contributed by atoms with E-state index in [1.807, 2.05) is 0 Å². The first kappa shape index (κ1) is 37.5. The first-order chi connectivity index (χ1) is 23.6. The number of carbonyl (C=O) groups is 3. The van der Waals surface area contributed by atoms with Gasteiger partial charge in [-0.1, -0.05) is 59.6 Å². The Balaban J connectivity index is 1.46. The molecule has 4 N–H and O–H groups in total. The maximum Gasteiger partial charge on any atom is 0.265 e. The van der Waals surface area contributed by atoms with E-state index in [0.29, 0.717) is 38.8 Å². The van der Waals surface area contributed by atoms with Crippen LogP contribution in [0.15, 0.2) is 66.7 Å². The number of carbonyl (C=O) groups excluding carboxylic acids is 3. The number of benzene rings is 3. The third-order valence-electron chi connectivity index (χ3n) is 8.44. The molecule has 0 bridgehead atoms. The SMILES string of the molecule is N#Cc1ccccc1CC(=N)C(=O)N[C@H](Cc1ccc(Cl)cc1Cl)C(=O)N[C@H](CC(=O)NCCCCN1CCCC1)Cc1ccc(F)cc1. The summed E-state index contributed by atoms with van der Waals surface area (Å²) in [5.41, 5.74) is 1.76. The number of amides is 3. The molecule has 258 valence electrons. The van der Waals surface area contributed by atoms with Gasteiger partial charge in [-0.05, 0) is 98.8 Å². The van der Waals surface area contributed by atoms with Gasteiger partial charge in [-0.3, -0.25) is 19.8 Å². The van der Waals surface area contributed by atoms with E-state index in [2.05, 4.69) is 26.9 Å². The van der Waals surface area contributed by atoms with Crippen molar-refractivity contribution in [3.05, 3.63) is 105 Å². The van der Waals surface area contributed by atoms with Gasteiger partial charge in [0.15, 0.2) is 0 Å². The molecule has 0 unspecified atom stereocenters. The van der Waals surface area contributed by atoms with Crippen LogP contribution in [0.1, 0.15) is 54.4 Å². The molecule has 0 aromatic heterocycles. The lowest BCUT2D eigenvalue weighted by Gasteiger charge is -2.24. The minimum atomic E-state index is -1.18. The zero-order chi connectivity index (χ0) is 35.2. The maximum atomic E-state index is 13.9. The third kappa shape index (κ3) is 12.3. The standard InChI is InChI=1S/C37H41Cl2FN6O3/c38-29-12-11-27(32(39)22-29)21-34(45-36(48)33(42)20-26-7-1-2-8-28(26)24-41)37(49)44-31(19-25-9-13-30(40)14-10-25)23-35(47)43-15-3-4-16-46-17-5-6-18-46/h1-2,7-14,22,31,34,42H,3-6,15-21,23H2,(H,43,47)(H,44,49)(H,45,48)/t31-,34+/m0/s1. The number of nitriles is 1. The van der Waals surface area contributed by atoms with Gasteiger partial charge in [0.25, 0.3) is 5.91 Å². The lowest BCUT2D eigenvalue weighted by Crippen LogP contribution is -2.53. The molecule has 1 fully saturated rings. The fraction of sp³-hybridized carbons (Fsp3) is 0.378. The Morgan fingerprint density at radius 3 is 2.39 bits per heavy atom. The molecule has 3 aromatic carbocycles. The summed E-state index contributed by atoms with van der Waals surface area (Å²) in [6.45, 7) is 3.76. The zero-order valence-corrected chi connectivity index (χ0v) is 28.8. The van der Waals surface area contributed by atoms with Crippen molar-refractivity contribution >= 4 is 46.6 Å². The Morgan fingerprint density at radius 1 is 0.939 bits per heavy atom. The summed E-state index contributed by atoms with van der Waals surface area (Å²) < 4.78 is 13.7. The van der Waals surface area contributed by atoms with E-state index in [1.165, 1.54) is 31.0 Å². The fourth-order valence-electron chi connectivity index (χ4n) is 5.79. The number of likely N-dealkylation sites (tertiary alicyclic amines) is 1. The van der Waals surface area contributed by atoms with E-state index in [1.54, 1.807) is 48.5 Å². The molecule has 3 aromatic rings. The van der Waals surface area contributed by atoms with Crippen molar-refractivity contribution in [1.82, 2.24) is 20.9 Å². The number of rotatable bonds is 17. The molecule has 0 radical (unpaired) electrons. The van der Waals surface area contributed by atoms with Gasteiger partial charge in [0.05, 0.1) is 11.6 Å². The van der Waals surface area contributed by atoms with Crippen molar-refractivity contribution in [2.75, 3.05) is 26.2 Å². The Morgan fingerprint density at radius 2 is 1.67 bits per heavy atom. The molecule has 0 spiro atoms. The average Bonchev–Trinajstić information content (AvgIpc) is 3.60. The van der Waals surface area contributed by atoms with Crippen molar-refractivity contribution in [1.29, 1.82) is 10.7 Å². The maximum absolute atomic E-state index is 13.9. The van der Waals surface area contributed by atoms with Crippen LogP contribution in [-0.4, -0.2) is 66.6 Å². The van der Waals surface area contributed by atoms with E-state index < -0.39 is 29.7 Å². The Labute approximate surface area is 296 Å². The number of nitrogens with zero attached hydrogens (tertiary/aromatic N) is 2. The molecule has 1 aliphatic rings. The van der Waals surface area contributed by atoms with Crippen LogP contribution in [0.2, 0.25) is 10.0 Å². The Bertz CT molecular complexity index is 1660. The molecule has 3 amide bonds. The second-order valence-electron chi connectivity index (χ2n) is 12.2. The first-order valence-electron chi connectivity index (χ1n) is 16.5. The smallest absolute Gasteiger partial charge is 0.265 e. The van der Waals surface area contributed by atoms with E-state index in [9.17, 15) is 24.0 Å². The number of hydrogen-bond acceptors (Lipinski definition) is 6. The molecule has 4 rings (SSSR count). The molecule has 12 heteroatoms. The van der Waals surface area contributed by atoms with Crippen LogP contribution in [-0.2, 0) is 33.6 Å². The lowest BCUT2D eigenvalue weighted by molar-refractivity contribution is -0.127. The topological polar surface area (TPSA) is 138 Å². The second kappa shape index (κ2) is 19.0. The van der Waals surface area contributed by atoms with Crippen LogP contribution >= 0.6 is 23.2 Å². The molecule has 2 atom stereocenters. The summed E-state index contributed by atoms with van der Waals surface area (Å²) in [5, 5.41) is 27.1. The van der Waals surface area contributed by atoms with Crippen LogP contribution < -0.4 is 16.0 Å². The molecular formula is C37H41Cl2FN6O3. The van der Waals surface area contributed by atoms with Crippen molar-refractivity contribution in [2.45, 2.75) is 63.5 Å². The van der Waals surface area contributed by atoms with Gasteiger partial charge in [-0.25, -0.2) is 4.39 Å². The molecular weight excluding hydrogens is 666 g/mol. The number of unbranched alkanes of at least 4 members (excludes halogenated alkanes) is 1. The van der Waals surface area contributed by atoms with Gasteiger partial charge < -0.3 is 20.9 Å². The number of halogens is 3. The second-order valence-corrected chi connectivity index (χ2v) is 13.1. The molecule has 49 heavy (non-hydrogen) atoms. The molecule has 1 heterocycles. The summed E-state index contributed by atoms with van der Waals surface area (Å²) >= 11 is 12.5. The molecule has 0 saturated carbocycles. The van der Waals surface area contributed by atoms with E-state index >= 15 is 0 Å². The first-order valence-corrected chi connectivity index (χ1v) is 17.2. The van der Waals surface area contributed by atoms with Crippen molar-refractivity contribution in [2.24, 2.45) is 0 Å². The largest absolute Gasteiger partial charge is 0.356 e. The van der Waals surface area contributed by atoms with E-state index in [-0.39, 0.29) is 37.3 Å². The van der Waals surface area contributed by atoms with E-state index in [4.69, 9.17) is 28.6 Å². The van der Waals surface area contributed by atoms with Crippen molar-refractivity contribution in [3.63, 3.8) is 0 Å². The Kier molecular flexibility index (Phi) is 14.6. The zero-order valence-electron chi connectivity index (χ0n) is 27.2. The number of nitrogens with one attached hydrogen (secondary N) is 4. The minimum Gasteiger partial charge on any atom is -0.356 e. The summed E-state index contributed by atoms with van der Waals surface area (Å²) in [5.74, 6) is -2.03. The van der Waals surface area contributed by atoms with Gasteiger partial charge in [-0.15, -0.1) is 0 Å². The summed E-state index contributed by atoms with van der Waals surface area (Å²) in [6, 6.07) is 17.5. The van der Waals surface area contributed by atoms with Gasteiger partial charge in [0, 0.05) is 41.9 Å². The fourth-order valence-corrected chi connectivity index (χ4v) is 6.27. The van der Waals surface area contributed by atoms with Crippen molar-refractivity contribution < 1.29 is 18.8 Å². The van der Waals surface area contributed by atoms with Gasteiger partial charge in [0.2, 0.25) is 11.8 Å². The van der Waals surface area contributed by atoms with Crippen molar-refractivity contribution in [3.8, 4) is 6.07 Å². The monoisotopic (exact) mass is 706 g/mol. The van der Waals surface area contributed by atoms with Crippen LogP contribution in [0.5, 0.6) is 0 Å². The average molecular weight is 708 g/mol. The summed E-state index contributed by atoms with van der Waals surface area (Å²) in [7, 11) is 0. The van der Waals surface area contributed by atoms with Crippen LogP contribution in [0.3, 0.4) is 0 Å². The van der Waals surface area contributed by atoms with Crippen LogP contribution in [0.4, 0.5) is 4.39 Å². The van der Waals surface area contributed by atoms with Gasteiger partial charge in [0.1, 0.15) is 17.6 Å². The summed E-state index contributed by atoms with van der Waals surface area (Å²) in [6.07, 6.45) is 4.32. The highest BCUT2D eigenvalue weighted by molar-refractivity contribution is 6.38. The minimum absolute atomic E-state index is 0.0257. The third-order valence-corrected chi connectivity index (χ3v) is 9.02. The Hall–Kier alpha value is -4.30. The highest BCUT2D eigenvalue weighted by atomic mass is 35.5. The lowest BCUT2D eigenvalue weighted by atomic mass is 9.99. The highest BCUT2D eigenvalue weighted by Gasteiger charge is 2.27. The molecule has 9 nitrogen and oxygen atoms in total. The predicted molar refractivity (Wildman–Crippen MR) is 189 cm³/mol. The number of hydrogen-bond donors (Lipinski definition) is 4.